The predicted octanol–water partition coefficient (Wildman–Crippen LogP) is -2.49. The first-order chi connectivity index (χ1) is 16.5. The van der Waals surface area contributed by atoms with Gasteiger partial charge in [-0.05, 0) is 18.9 Å². The number of nitrogens with zero attached hydrogens (tertiary/aromatic N) is 1. The third-order valence-corrected chi connectivity index (χ3v) is 4.70. The lowest BCUT2D eigenvalue weighted by Crippen LogP contribution is -2.49. The summed E-state index contributed by atoms with van der Waals surface area (Å²) < 4.78 is 0. The van der Waals surface area contributed by atoms with Crippen molar-refractivity contribution in [2.75, 3.05) is 32.7 Å². The smallest absolute Gasteiger partial charge is 0.251 e. The number of hydrogen-bond donors (Lipinski definition) is 6. The van der Waals surface area contributed by atoms with Gasteiger partial charge in [0.1, 0.15) is 6.04 Å². The zero-order valence-corrected chi connectivity index (χ0v) is 19.8. The van der Waals surface area contributed by atoms with Crippen LogP contribution in [-0.2, 0) is 28.8 Å². The second-order valence-electron chi connectivity index (χ2n) is 7.65. The summed E-state index contributed by atoms with van der Waals surface area (Å²) in [6.07, 6.45) is 3.81. The van der Waals surface area contributed by atoms with Crippen LogP contribution in [0.3, 0.4) is 0 Å². The normalized spacial score (nSPS) is 13.1. The lowest BCUT2D eigenvalue weighted by Gasteiger charge is -2.18. The van der Waals surface area contributed by atoms with Gasteiger partial charge < -0.3 is 37.2 Å². The number of carbonyl (C=O) groups excluding carboxylic acids is 6. The van der Waals surface area contributed by atoms with Gasteiger partial charge in [0, 0.05) is 30.4 Å². The van der Waals surface area contributed by atoms with Crippen LogP contribution in [0.5, 0.6) is 0 Å². The van der Waals surface area contributed by atoms with E-state index >= 15 is 0 Å². The van der Waals surface area contributed by atoms with Crippen molar-refractivity contribution in [2.45, 2.75) is 32.2 Å². The van der Waals surface area contributed by atoms with Crippen molar-refractivity contribution < 1.29 is 28.8 Å². The summed E-state index contributed by atoms with van der Waals surface area (Å²) in [6, 6.07) is -0.841. The van der Waals surface area contributed by atoms with Crippen molar-refractivity contribution >= 4 is 35.4 Å². The van der Waals surface area contributed by atoms with Crippen molar-refractivity contribution in [3.63, 3.8) is 0 Å². The van der Waals surface area contributed by atoms with Gasteiger partial charge in [0.25, 0.3) is 5.91 Å². The number of carbonyl (C=O) groups is 6. The van der Waals surface area contributed by atoms with Crippen LogP contribution in [0.2, 0.25) is 0 Å². The molecule has 0 unspecified atom stereocenters. The number of rotatable bonds is 15. The number of nitrogens with two attached hydrogens (primary N) is 1. The number of amides is 6. The molecule has 6 amide bonds. The van der Waals surface area contributed by atoms with E-state index in [4.69, 9.17) is 5.73 Å². The van der Waals surface area contributed by atoms with Crippen LogP contribution >= 0.6 is 0 Å². The van der Waals surface area contributed by atoms with Gasteiger partial charge in [0.15, 0.2) is 0 Å². The Kier molecular flexibility index (Phi) is 12.3. The van der Waals surface area contributed by atoms with Crippen molar-refractivity contribution in [3.8, 4) is 0 Å². The molecular formula is C22H33N7O6. The van der Waals surface area contributed by atoms with Gasteiger partial charge in [0.2, 0.25) is 29.5 Å². The highest BCUT2D eigenvalue weighted by atomic mass is 16.2. The van der Waals surface area contributed by atoms with Gasteiger partial charge in [0.05, 0.1) is 26.2 Å². The Morgan fingerprint density at radius 1 is 0.914 bits per heavy atom. The molecule has 1 aliphatic heterocycles. The third kappa shape index (κ3) is 11.5. The molecule has 0 saturated heterocycles. The molecule has 0 radical (unpaired) electrons. The third-order valence-electron chi connectivity index (χ3n) is 4.70. The van der Waals surface area contributed by atoms with E-state index in [0.29, 0.717) is 25.1 Å². The molecule has 13 nitrogen and oxygen atoms in total. The second-order valence-corrected chi connectivity index (χ2v) is 7.65. The Morgan fingerprint density at radius 3 is 1.94 bits per heavy atom. The molecule has 0 spiro atoms. The molecule has 1 rings (SSSR count). The molecule has 1 heterocycles. The van der Waals surface area contributed by atoms with Crippen molar-refractivity contribution in [3.05, 3.63) is 36.7 Å². The molecule has 7 N–H and O–H groups in total. The molecule has 0 bridgehead atoms. The average Bonchev–Trinajstić information content (AvgIpc) is 3.13. The summed E-state index contributed by atoms with van der Waals surface area (Å²) in [6.45, 7) is 8.20. The van der Waals surface area contributed by atoms with Crippen LogP contribution in [-0.4, -0.2) is 79.1 Å². The molecule has 35 heavy (non-hydrogen) atoms. The SMILES string of the molecule is C=C(N)CNC(=O)CNC(=O)CNC(=O)CNC(=O)[C@H](CC)NC(=O)CCCN1C(=C)C=CC1=O. The van der Waals surface area contributed by atoms with E-state index in [0.717, 1.165) is 0 Å². The van der Waals surface area contributed by atoms with Gasteiger partial charge in [-0.25, -0.2) is 0 Å². The minimum absolute atomic E-state index is 0.0812. The lowest BCUT2D eigenvalue weighted by atomic mass is 10.2. The molecule has 13 heteroatoms. The molecule has 0 aromatic rings. The Balaban J connectivity index is 2.25. The van der Waals surface area contributed by atoms with Crippen molar-refractivity contribution in [1.82, 2.24) is 31.5 Å². The summed E-state index contributed by atoms with van der Waals surface area (Å²) in [5.74, 6) is -2.79. The van der Waals surface area contributed by atoms with Gasteiger partial charge in [-0.1, -0.05) is 20.1 Å². The van der Waals surface area contributed by atoms with Crippen LogP contribution in [0.1, 0.15) is 26.2 Å². The second kappa shape index (κ2) is 14.9. The highest BCUT2D eigenvalue weighted by Gasteiger charge is 2.21. The highest BCUT2D eigenvalue weighted by molar-refractivity contribution is 5.93. The summed E-state index contributed by atoms with van der Waals surface area (Å²) in [7, 11) is 0. The van der Waals surface area contributed by atoms with Gasteiger partial charge in [-0.2, -0.15) is 0 Å². The molecule has 0 fully saturated rings. The summed E-state index contributed by atoms with van der Waals surface area (Å²) in [5.41, 5.74) is 6.15. The first-order valence-corrected chi connectivity index (χ1v) is 11.0. The zero-order valence-electron chi connectivity index (χ0n) is 19.8. The minimum atomic E-state index is -0.841. The van der Waals surface area contributed by atoms with Gasteiger partial charge in [-0.3, -0.25) is 28.8 Å². The lowest BCUT2D eigenvalue weighted by molar-refractivity contribution is -0.131. The summed E-state index contributed by atoms with van der Waals surface area (Å²) in [5, 5.41) is 12.0. The van der Waals surface area contributed by atoms with Gasteiger partial charge in [-0.15, -0.1) is 0 Å². The van der Waals surface area contributed by atoms with Crippen LogP contribution in [0.15, 0.2) is 36.7 Å². The van der Waals surface area contributed by atoms with E-state index in [9.17, 15) is 28.8 Å². The fraction of sp³-hybridized carbons (Fsp3) is 0.455. The van der Waals surface area contributed by atoms with E-state index in [2.05, 4.69) is 39.7 Å². The average molecular weight is 492 g/mol. The first-order valence-electron chi connectivity index (χ1n) is 11.0. The van der Waals surface area contributed by atoms with E-state index in [1.165, 1.54) is 11.0 Å². The molecule has 0 aromatic heterocycles. The Bertz CT molecular complexity index is 881. The number of hydrogen-bond acceptors (Lipinski definition) is 7. The Morgan fingerprint density at radius 2 is 1.46 bits per heavy atom. The van der Waals surface area contributed by atoms with Crippen LogP contribution < -0.4 is 32.3 Å². The molecule has 192 valence electrons. The standard InChI is InChI=1S/C22H33N7O6/c1-4-16(28-17(30)6-5-9-29-15(3)7-8-21(29)34)22(35)27-13-20(33)26-12-19(32)25-11-18(31)24-10-14(2)23/h7-8,16H,2-6,9-13,23H2,1H3,(H,24,31)(H,25,32)(H,26,33)(H,27,35)(H,28,30)/t16-/m0/s1. The molecule has 0 saturated carbocycles. The fourth-order valence-corrected chi connectivity index (χ4v) is 2.81. The Hall–Kier alpha value is -4.16. The fourth-order valence-electron chi connectivity index (χ4n) is 2.81. The molecule has 0 aliphatic carbocycles. The maximum Gasteiger partial charge on any atom is 0.251 e. The number of nitrogens with one attached hydrogen (secondary N) is 5. The first kappa shape index (κ1) is 28.9. The van der Waals surface area contributed by atoms with Crippen LogP contribution in [0.4, 0.5) is 0 Å². The van der Waals surface area contributed by atoms with E-state index in [1.54, 1.807) is 13.0 Å². The monoisotopic (exact) mass is 491 g/mol. The van der Waals surface area contributed by atoms with Crippen molar-refractivity contribution in [2.24, 2.45) is 5.73 Å². The summed E-state index contributed by atoms with van der Waals surface area (Å²) in [4.78, 5) is 72.6. The van der Waals surface area contributed by atoms with E-state index < -0.39 is 36.2 Å². The van der Waals surface area contributed by atoms with Crippen molar-refractivity contribution in [1.29, 1.82) is 0 Å². The minimum Gasteiger partial charge on any atom is -0.401 e. The zero-order chi connectivity index (χ0) is 26.4. The van der Waals surface area contributed by atoms with Gasteiger partial charge >= 0.3 is 0 Å². The topological polar surface area (TPSA) is 192 Å². The number of allylic oxidation sites excluding steroid dienone is 1. The van der Waals surface area contributed by atoms with E-state index in [-0.39, 0.29) is 43.6 Å². The molecule has 1 atom stereocenters. The van der Waals surface area contributed by atoms with Crippen LogP contribution in [0.25, 0.3) is 0 Å². The summed E-state index contributed by atoms with van der Waals surface area (Å²) >= 11 is 0. The highest BCUT2D eigenvalue weighted by Crippen LogP contribution is 2.13. The Labute approximate surface area is 203 Å². The van der Waals surface area contributed by atoms with E-state index in [1.807, 2.05) is 0 Å². The predicted molar refractivity (Wildman–Crippen MR) is 127 cm³/mol. The maximum absolute atomic E-state index is 12.3. The molecule has 1 aliphatic rings. The largest absolute Gasteiger partial charge is 0.401 e. The molecular weight excluding hydrogens is 458 g/mol. The molecule has 0 aromatic carbocycles. The maximum atomic E-state index is 12.3. The van der Waals surface area contributed by atoms with Crippen LogP contribution in [0, 0.1) is 0 Å². The quantitative estimate of drug-likeness (QED) is 0.146.